The number of ether oxygens (including phenoxy) is 1. The molecule has 9 heteroatoms. The van der Waals surface area contributed by atoms with Crippen LogP contribution in [0.1, 0.15) is 0 Å². The van der Waals surface area contributed by atoms with Crippen LogP contribution in [-0.2, 0) is 10.0 Å². The molecule has 0 spiro atoms. The van der Waals surface area contributed by atoms with Gasteiger partial charge in [0.1, 0.15) is 5.75 Å². The van der Waals surface area contributed by atoms with Crippen LogP contribution in [0, 0.1) is 0 Å². The van der Waals surface area contributed by atoms with Crippen LogP contribution in [0.5, 0.6) is 5.75 Å². The molecule has 0 fully saturated rings. The molecule has 4 rings (SSSR count). The topological polar surface area (TPSA) is 92.3 Å². The number of fused-ring (bicyclic) bond motifs is 2. The summed E-state index contributed by atoms with van der Waals surface area (Å²) in [4.78, 5) is 4.80. The van der Waals surface area contributed by atoms with Crippen molar-refractivity contribution in [2.45, 2.75) is 0 Å². The molecule has 0 bridgehead atoms. The van der Waals surface area contributed by atoms with Crippen LogP contribution < -0.4 is 20.1 Å². The normalized spacial score (nSPS) is 11.1. The minimum Gasteiger partial charge on any atom is -0.494 e. The number of pyridine rings is 1. The van der Waals surface area contributed by atoms with Gasteiger partial charge in [0.15, 0.2) is 0 Å². The third-order valence-electron chi connectivity index (χ3n) is 4.73. The van der Waals surface area contributed by atoms with E-state index in [1.54, 1.807) is 25.3 Å². The highest BCUT2D eigenvalue weighted by Crippen LogP contribution is 2.37. The first-order chi connectivity index (χ1) is 14.4. The highest BCUT2D eigenvalue weighted by molar-refractivity contribution is 7.92. The smallest absolute Gasteiger partial charge is 0.229 e. The van der Waals surface area contributed by atoms with E-state index in [1.807, 2.05) is 49.5 Å². The maximum atomic E-state index is 11.5. The van der Waals surface area contributed by atoms with Gasteiger partial charge >= 0.3 is 0 Å². The summed E-state index contributed by atoms with van der Waals surface area (Å²) in [7, 11) is 0.0433. The first kappa shape index (κ1) is 22.5. The summed E-state index contributed by atoms with van der Waals surface area (Å²) in [6.07, 6.45) is 1.11. The lowest BCUT2D eigenvalue weighted by atomic mass is 10.1. The van der Waals surface area contributed by atoms with Crippen molar-refractivity contribution in [3.05, 3.63) is 60.7 Å². The number of sulfonamides is 1. The fourth-order valence-electron chi connectivity index (χ4n) is 3.39. The minimum absolute atomic E-state index is 0. The summed E-state index contributed by atoms with van der Waals surface area (Å²) >= 11 is 0. The van der Waals surface area contributed by atoms with Crippen molar-refractivity contribution in [2.24, 2.45) is 0 Å². The summed E-state index contributed by atoms with van der Waals surface area (Å²) < 4.78 is 31.1. The van der Waals surface area contributed by atoms with E-state index in [9.17, 15) is 8.42 Å². The third kappa shape index (κ3) is 4.76. The van der Waals surface area contributed by atoms with Gasteiger partial charge < -0.3 is 15.4 Å². The summed E-state index contributed by atoms with van der Waals surface area (Å²) in [6, 6.07) is 19.1. The molecule has 0 amide bonds. The Morgan fingerprint density at radius 1 is 0.903 bits per heavy atom. The van der Waals surface area contributed by atoms with E-state index >= 15 is 0 Å². The zero-order valence-corrected chi connectivity index (χ0v) is 18.9. The van der Waals surface area contributed by atoms with Gasteiger partial charge in [-0.15, -0.1) is 12.4 Å². The van der Waals surface area contributed by atoms with Crippen molar-refractivity contribution in [3.63, 3.8) is 0 Å². The maximum absolute atomic E-state index is 11.5. The van der Waals surface area contributed by atoms with E-state index in [2.05, 4.69) is 15.4 Å². The van der Waals surface area contributed by atoms with Crippen molar-refractivity contribution in [3.8, 4) is 5.75 Å². The molecule has 0 aliphatic heterocycles. The van der Waals surface area contributed by atoms with Gasteiger partial charge in [0.2, 0.25) is 10.0 Å². The molecular formula is C22H23ClN4O3S. The summed E-state index contributed by atoms with van der Waals surface area (Å²) in [5.74, 6) is 0.518. The molecule has 0 saturated carbocycles. The molecule has 3 aromatic carbocycles. The molecule has 0 unspecified atom stereocenters. The number of benzene rings is 3. The van der Waals surface area contributed by atoms with Gasteiger partial charge in [0, 0.05) is 29.6 Å². The first-order valence-electron chi connectivity index (χ1n) is 9.31. The van der Waals surface area contributed by atoms with Gasteiger partial charge in [-0.2, -0.15) is 0 Å². The molecule has 0 aliphatic rings. The summed E-state index contributed by atoms with van der Waals surface area (Å²) in [5.41, 5.74) is 4.76. The molecule has 0 radical (unpaired) electrons. The first-order valence-corrected chi connectivity index (χ1v) is 11.2. The zero-order chi connectivity index (χ0) is 21.3. The second-order valence-electron chi connectivity index (χ2n) is 6.90. The van der Waals surface area contributed by atoms with Crippen LogP contribution >= 0.6 is 12.4 Å². The quantitative estimate of drug-likeness (QED) is 0.353. The highest BCUT2D eigenvalue weighted by Gasteiger charge is 2.13. The average Bonchev–Trinajstić information content (AvgIpc) is 2.72. The van der Waals surface area contributed by atoms with Gasteiger partial charge in [0.05, 0.1) is 41.5 Å². The largest absolute Gasteiger partial charge is 0.494 e. The van der Waals surface area contributed by atoms with E-state index in [1.165, 1.54) is 0 Å². The number of hydrogen-bond donors (Lipinski definition) is 3. The van der Waals surface area contributed by atoms with Crippen LogP contribution in [-0.4, -0.2) is 33.8 Å². The standard InChI is InChI=1S/C22H22N4O3S.ClH/c1-23-14-8-10-17-20(12-14)24-18-7-5-4-6-16(18)22(17)25-19-11-9-15(13-21(19)29-2)26-30(3,27)28;/h4-13,23,26H,1-3H3,(H,24,25);1H. The van der Waals surface area contributed by atoms with Gasteiger partial charge in [-0.25, -0.2) is 13.4 Å². The molecule has 0 aliphatic carbocycles. The molecule has 162 valence electrons. The maximum Gasteiger partial charge on any atom is 0.229 e. The Kier molecular flexibility index (Phi) is 6.42. The number of anilines is 4. The number of methoxy groups -OCH3 is 1. The van der Waals surface area contributed by atoms with E-state index in [0.717, 1.165) is 39.4 Å². The number of halogens is 1. The van der Waals surface area contributed by atoms with Gasteiger partial charge in [-0.3, -0.25) is 4.72 Å². The molecular weight excluding hydrogens is 436 g/mol. The van der Waals surface area contributed by atoms with Crippen molar-refractivity contribution in [1.82, 2.24) is 4.98 Å². The Hall–Kier alpha value is -3.23. The van der Waals surface area contributed by atoms with Gasteiger partial charge in [-0.05, 0) is 36.4 Å². The molecule has 7 nitrogen and oxygen atoms in total. The van der Waals surface area contributed by atoms with Crippen LogP contribution in [0.25, 0.3) is 21.8 Å². The fourth-order valence-corrected chi connectivity index (χ4v) is 3.94. The number of nitrogens with one attached hydrogen (secondary N) is 3. The van der Waals surface area contributed by atoms with Crippen molar-refractivity contribution in [1.29, 1.82) is 0 Å². The SMILES string of the molecule is CNc1ccc2c(Nc3ccc(NS(C)(=O)=O)cc3OC)c3ccccc3nc2c1.Cl. The lowest BCUT2D eigenvalue weighted by molar-refractivity contribution is 0.417. The molecule has 31 heavy (non-hydrogen) atoms. The van der Waals surface area contributed by atoms with Gasteiger partial charge in [0.25, 0.3) is 0 Å². The average molecular weight is 459 g/mol. The van der Waals surface area contributed by atoms with Crippen molar-refractivity contribution >= 4 is 67.0 Å². The zero-order valence-electron chi connectivity index (χ0n) is 17.3. The van der Waals surface area contributed by atoms with Crippen LogP contribution in [0.3, 0.4) is 0 Å². The predicted molar refractivity (Wildman–Crippen MR) is 131 cm³/mol. The summed E-state index contributed by atoms with van der Waals surface area (Å²) in [5, 5.41) is 8.56. The van der Waals surface area contributed by atoms with E-state index in [0.29, 0.717) is 17.1 Å². The van der Waals surface area contributed by atoms with Gasteiger partial charge in [-0.1, -0.05) is 18.2 Å². The second-order valence-corrected chi connectivity index (χ2v) is 8.65. The number of hydrogen-bond acceptors (Lipinski definition) is 6. The number of para-hydroxylation sites is 1. The third-order valence-corrected chi connectivity index (χ3v) is 5.34. The monoisotopic (exact) mass is 458 g/mol. The Balaban J connectivity index is 0.00000272. The highest BCUT2D eigenvalue weighted by atomic mass is 35.5. The predicted octanol–water partition coefficient (Wildman–Crippen LogP) is 4.98. The Bertz CT molecular complexity index is 1360. The number of nitrogens with zero attached hydrogens (tertiary/aromatic N) is 1. The van der Waals surface area contributed by atoms with Crippen LogP contribution in [0.15, 0.2) is 60.7 Å². The minimum atomic E-state index is -3.38. The van der Waals surface area contributed by atoms with E-state index < -0.39 is 10.0 Å². The van der Waals surface area contributed by atoms with E-state index in [-0.39, 0.29) is 12.4 Å². The number of rotatable bonds is 6. The molecule has 0 atom stereocenters. The molecule has 3 N–H and O–H groups in total. The van der Waals surface area contributed by atoms with Crippen LogP contribution in [0.4, 0.5) is 22.7 Å². The Morgan fingerprint density at radius 3 is 2.32 bits per heavy atom. The Morgan fingerprint density at radius 2 is 1.61 bits per heavy atom. The van der Waals surface area contributed by atoms with Crippen LogP contribution in [0.2, 0.25) is 0 Å². The molecule has 4 aromatic rings. The molecule has 0 saturated heterocycles. The molecule has 1 heterocycles. The lowest BCUT2D eigenvalue weighted by Crippen LogP contribution is -2.09. The number of aromatic nitrogens is 1. The summed E-state index contributed by atoms with van der Waals surface area (Å²) in [6.45, 7) is 0. The lowest BCUT2D eigenvalue weighted by Gasteiger charge is -2.17. The van der Waals surface area contributed by atoms with Crippen molar-refractivity contribution < 1.29 is 13.2 Å². The fraction of sp³-hybridized carbons (Fsp3) is 0.136. The van der Waals surface area contributed by atoms with Crippen molar-refractivity contribution in [2.75, 3.05) is 35.8 Å². The second kappa shape index (κ2) is 8.87. The van der Waals surface area contributed by atoms with E-state index in [4.69, 9.17) is 9.72 Å². The molecule has 1 aromatic heterocycles. The Labute approximate surface area is 187 Å².